The van der Waals surface area contributed by atoms with E-state index in [4.69, 9.17) is 9.47 Å². The first kappa shape index (κ1) is 13.8. The Bertz CT molecular complexity index is 90.1. The summed E-state index contributed by atoms with van der Waals surface area (Å²) in [6.07, 6.45) is 0. The van der Waals surface area contributed by atoms with Crippen molar-refractivity contribution in [1.82, 2.24) is 10.6 Å². The molecule has 0 aromatic heterocycles. The van der Waals surface area contributed by atoms with Crippen LogP contribution in [0.1, 0.15) is 13.8 Å². The van der Waals surface area contributed by atoms with Gasteiger partial charge in [0.25, 0.3) is 0 Å². The van der Waals surface area contributed by atoms with E-state index in [9.17, 15) is 0 Å². The minimum Gasteiger partial charge on any atom is -0.378 e. The third-order valence-corrected chi connectivity index (χ3v) is 1.72. The summed E-state index contributed by atoms with van der Waals surface area (Å²) in [5, 5.41) is 6.38. The number of rotatable bonds is 11. The van der Waals surface area contributed by atoms with Gasteiger partial charge in [-0.3, -0.25) is 0 Å². The second-order valence-corrected chi connectivity index (χ2v) is 2.93. The van der Waals surface area contributed by atoms with E-state index in [-0.39, 0.29) is 0 Å². The lowest BCUT2D eigenvalue weighted by Crippen LogP contribution is -2.21. The highest BCUT2D eigenvalue weighted by atomic mass is 16.5. The number of ether oxygens (including phenoxy) is 2. The molecule has 0 aromatic rings. The number of nitrogens with one attached hydrogen (secondary N) is 2. The third kappa shape index (κ3) is 11.8. The number of hydrogen-bond donors (Lipinski definition) is 2. The molecule has 0 amide bonds. The fraction of sp³-hybridized carbons (Fsp3) is 1.00. The Morgan fingerprint density at radius 3 is 1.50 bits per heavy atom. The van der Waals surface area contributed by atoms with Crippen molar-refractivity contribution in [3.8, 4) is 0 Å². The van der Waals surface area contributed by atoms with Gasteiger partial charge in [-0.1, -0.05) is 13.8 Å². The minimum absolute atomic E-state index is 0.692. The zero-order chi connectivity index (χ0) is 10.5. The van der Waals surface area contributed by atoms with Gasteiger partial charge in [-0.05, 0) is 13.1 Å². The van der Waals surface area contributed by atoms with Crippen LogP contribution in [0.2, 0.25) is 0 Å². The normalized spacial score (nSPS) is 10.7. The molecular formula is C10H24N2O2. The largest absolute Gasteiger partial charge is 0.378 e. The summed E-state index contributed by atoms with van der Waals surface area (Å²) in [7, 11) is 0. The Morgan fingerprint density at radius 1 is 0.714 bits per heavy atom. The summed E-state index contributed by atoms with van der Waals surface area (Å²) in [5.74, 6) is 0. The van der Waals surface area contributed by atoms with E-state index in [0.717, 1.165) is 39.4 Å². The maximum atomic E-state index is 5.33. The first-order valence-electron chi connectivity index (χ1n) is 5.48. The Hall–Kier alpha value is -0.160. The fourth-order valence-corrected chi connectivity index (χ4v) is 0.964. The topological polar surface area (TPSA) is 42.5 Å². The molecule has 0 radical (unpaired) electrons. The van der Waals surface area contributed by atoms with Gasteiger partial charge >= 0.3 is 0 Å². The zero-order valence-corrected chi connectivity index (χ0v) is 9.47. The van der Waals surface area contributed by atoms with Crippen LogP contribution in [0, 0.1) is 0 Å². The molecule has 14 heavy (non-hydrogen) atoms. The highest BCUT2D eigenvalue weighted by Gasteiger charge is 1.89. The highest BCUT2D eigenvalue weighted by molar-refractivity contribution is 4.42. The Labute approximate surface area is 87.4 Å². The van der Waals surface area contributed by atoms with Crippen LogP contribution in [0.5, 0.6) is 0 Å². The first-order chi connectivity index (χ1) is 6.91. The van der Waals surface area contributed by atoms with Crippen molar-refractivity contribution in [3.05, 3.63) is 0 Å². The van der Waals surface area contributed by atoms with Crippen LogP contribution in [0.3, 0.4) is 0 Å². The fourth-order valence-electron chi connectivity index (χ4n) is 0.964. The molecule has 0 saturated heterocycles. The van der Waals surface area contributed by atoms with Crippen LogP contribution in [0.15, 0.2) is 0 Å². The molecule has 4 nitrogen and oxygen atoms in total. The standard InChI is InChI=1S/C10H24N2O2/c1-3-11-5-7-13-9-10-14-8-6-12-4-2/h11-12H,3-10H2,1-2H3. The Morgan fingerprint density at radius 2 is 1.14 bits per heavy atom. The second-order valence-electron chi connectivity index (χ2n) is 2.93. The molecule has 0 aliphatic heterocycles. The van der Waals surface area contributed by atoms with Gasteiger partial charge in [0.1, 0.15) is 0 Å². The van der Waals surface area contributed by atoms with Gasteiger partial charge in [0, 0.05) is 13.1 Å². The summed E-state index contributed by atoms with van der Waals surface area (Å²) in [5.41, 5.74) is 0. The van der Waals surface area contributed by atoms with Gasteiger partial charge in [-0.2, -0.15) is 0 Å². The quantitative estimate of drug-likeness (QED) is 0.473. The van der Waals surface area contributed by atoms with Gasteiger partial charge < -0.3 is 20.1 Å². The predicted molar refractivity (Wildman–Crippen MR) is 58.7 cm³/mol. The minimum atomic E-state index is 0.692. The molecule has 0 aliphatic rings. The van der Waals surface area contributed by atoms with Gasteiger partial charge in [-0.25, -0.2) is 0 Å². The number of hydrogen-bond acceptors (Lipinski definition) is 4. The van der Waals surface area contributed by atoms with Crippen molar-refractivity contribution >= 4 is 0 Å². The molecule has 2 N–H and O–H groups in total. The molecule has 0 bridgehead atoms. The summed E-state index contributed by atoms with van der Waals surface area (Å²) in [4.78, 5) is 0. The van der Waals surface area contributed by atoms with Crippen LogP contribution in [0.4, 0.5) is 0 Å². The van der Waals surface area contributed by atoms with Gasteiger partial charge in [0.05, 0.1) is 26.4 Å². The molecule has 0 aliphatic carbocycles. The Balaban J connectivity index is 2.78. The monoisotopic (exact) mass is 204 g/mol. The summed E-state index contributed by atoms with van der Waals surface area (Å²) in [6.45, 7) is 10.9. The van der Waals surface area contributed by atoms with Gasteiger partial charge in [0.15, 0.2) is 0 Å². The Kier molecular flexibility index (Phi) is 12.7. The van der Waals surface area contributed by atoms with Crippen molar-refractivity contribution in [1.29, 1.82) is 0 Å². The van der Waals surface area contributed by atoms with Crippen molar-refractivity contribution in [2.24, 2.45) is 0 Å². The molecule has 0 aromatic carbocycles. The van der Waals surface area contributed by atoms with E-state index in [1.165, 1.54) is 0 Å². The summed E-state index contributed by atoms with van der Waals surface area (Å²) >= 11 is 0. The molecule has 0 heterocycles. The van der Waals surface area contributed by atoms with Crippen molar-refractivity contribution < 1.29 is 9.47 Å². The third-order valence-electron chi connectivity index (χ3n) is 1.72. The molecule has 0 spiro atoms. The SMILES string of the molecule is CCNCCOCCOCCNCC. The van der Waals surface area contributed by atoms with Crippen LogP contribution in [-0.2, 0) is 9.47 Å². The lowest BCUT2D eigenvalue weighted by Gasteiger charge is -2.06. The average molecular weight is 204 g/mol. The smallest absolute Gasteiger partial charge is 0.0701 e. The lowest BCUT2D eigenvalue weighted by atomic mass is 10.6. The maximum absolute atomic E-state index is 5.33. The van der Waals surface area contributed by atoms with Crippen LogP contribution in [0.25, 0.3) is 0 Å². The molecule has 4 heteroatoms. The molecule has 86 valence electrons. The van der Waals surface area contributed by atoms with Crippen LogP contribution >= 0.6 is 0 Å². The lowest BCUT2D eigenvalue weighted by molar-refractivity contribution is 0.0502. The van der Waals surface area contributed by atoms with E-state index in [1.54, 1.807) is 0 Å². The molecule has 0 atom stereocenters. The van der Waals surface area contributed by atoms with E-state index >= 15 is 0 Å². The highest BCUT2D eigenvalue weighted by Crippen LogP contribution is 1.77. The van der Waals surface area contributed by atoms with E-state index in [2.05, 4.69) is 24.5 Å². The summed E-state index contributed by atoms with van der Waals surface area (Å²) < 4.78 is 10.7. The molecule has 0 saturated carbocycles. The van der Waals surface area contributed by atoms with Crippen molar-refractivity contribution in [3.63, 3.8) is 0 Å². The van der Waals surface area contributed by atoms with E-state index < -0.39 is 0 Å². The van der Waals surface area contributed by atoms with Crippen LogP contribution < -0.4 is 10.6 Å². The van der Waals surface area contributed by atoms with Crippen molar-refractivity contribution in [2.45, 2.75) is 13.8 Å². The molecule has 0 rings (SSSR count). The first-order valence-corrected chi connectivity index (χ1v) is 5.48. The van der Waals surface area contributed by atoms with Gasteiger partial charge in [-0.15, -0.1) is 0 Å². The molecule has 0 fully saturated rings. The van der Waals surface area contributed by atoms with Gasteiger partial charge in [0.2, 0.25) is 0 Å². The van der Waals surface area contributed by atoms with E-state index in [0.29, 0.717) is 13.2 Å². The average Bonchev–Trinajstić information content (AvgIpc) is 2.21. The van der Waals surface area contributed by atoms with Crippen molar-refractivity contribution in [2.75, 3.05) is 52.6 Å². The summed E-state index contributed by atoms with van der Waals surface area (Å²) in [6, 6.07) is 0. The number of likely N-dealkylation sites (N-methyl/N-ethyl adjacent to an activating group) is 2. The second kappa shape index (κ2) is 12.8. The zero-order valence-electron chi connectivity index (χ0n) is 9.47. The molecular weight excluding hydrogens is 180 g/mol. The van der Waals surface area contributed by atoms with E-state index in [1.807, 2.05) is 0 Å². The van der Waals surface area contributed by atoms with Crippen LogP contribution in [-0.4, -0.2) is 52.6 Å². The molecule has 0 unspecified atom stereocenters. The predicted octanol–water partition coefficient (Wildman–Crippen LogP) is 0.239. The maximum Gasteiger partial charge on any atom is 0.0701 e.